The monoisotopic (exact) mass is 397 g/mol. The molecule has 0 aromatic heterocycles. The highest BCUT2D eigenvalue weighted by atomic mass is 16.5. The zero-order valence-electron chi connectivity index (χ0n) is 17.8. The minimum absolute atomic E-state index is 0.0205. The molecule has 0 radical (unpaired) electrons. The number of ether oxygens (including phenoxy) is 1. The van der Waals surface area contributed by atoms with E-state index >= 15 is 0 Å². The first-order valence-corrected chi connectivity index (χ1v) is 9.87. The Labute approximate surface area is 173 Å². The first kappa shape index (κ1) is 22.4. The lowest BCUT2D eigenvalue weighted by atomic mass is 10.1. The second-order valence-corrected chi connectivity index (χ2v) is 7.25. The number of nitrogens with zero attached hydrogens (tertiary/aromatic N) is 2. The van der Waals surface area contributed by atoms with Crippen molar-refractivity contribution in [2.24, 2.45) is 0 Å². The van der Waals surface area contributed by atoms with Gasteiger partial charge in [0.25, 0.3) is 0 Å². The van der Waals surface area contributed by atoms with Crippen LogP contribution in [0.5, 0.6) is 5.75 Å². The SMILES string of the molecule is CCCN(Cc1ccc(C)cc1)C(=O)CN(C)CC(=O)Nc1ccc(OC)cc1. The smallest absolute Gasteiger partial charge is 0.238 e. The van der Waals surface area contributed by atoms with Crippen LogP contribution in [0.2, 0.25) is 0 Å². The Hall–Kier alpha value is -2.86. The summed E-state index contributed by atoms with van der Waals surface area (Å²) in [5.74, 6) is 0.591. The average molecular weight is 398 g/mol. The summed E-state index contributed by atoms with van der Waals surface area (Å²) in [6.45, 7) is 5.72. The largest absolute Gasteiger partial charge is 0.497 e. The Balaban J connectivity index is 1.87. The molecule has 0 saturated carbocycles. The highest BCUT2D eigenvalue weighted by molar-refractivity contribution is 5.92. The van der Waals surface area contributed by atoms with E-state index in [-0.39, 0.29) is 24.9 Å². The van der Waals surface area contributed by atoms with Gasteiger partial charge in [-0.05, 0) is 50.2 Å². The Bertz CT molecular complexity index is 788. The number of likely N-dealkylation sites (N-methyl/N-ethyl adjacent to an activating group) is 1. The second-order valence-electron chi connectivity index (χ2n) is 7.25. The highest BCUT2D eigenvalue weighted by Gasteiger charge is 2.17. The van der Waals surface area contributed by atoms with E-state index in [0.29, 0.717) is 18.8 Å². The molecule has 156 valence electrons. The first-order valence-electron chi connectivity index (χ1n) is 9.87. The molecule has 1 N–H and O–H groups in total. The molecular weight excluding hydrogens is 366 g/mol. The summed E-state index contributed by atoms with van der Waals surface area (Å²) < 4.78 is 5.11. The molecule has 6 nitrogen and oxygen atoms in total. The van der Waals surface area contributed by atoms with Crippen molar-refractivity contribution in [3.05, 3.63) is 59.7 Å². The molecule has 0 aliphatic heterocycles. The molecular formula is C23H31N3O3. The van der Waals surface area contributed by atoms with Gasteiger partial charge in [-0.1, -0.05) is 36.8 Å². The van der Waals surface area contributed by atoms with Gasteiger partial charge in [-0.25, -0.2) is 0 Å². The highest BCUT2D eigenvalue weighted by Crippen LogP contribution is 2.15. The van der Waals surface area contributed by atoms with Gasteiger partial charge in [-0.15, -0.1) is 0 Å². The van der Waals surface area contributed by atoms with E-state index in [0.717, 1.165) is 17.7 Å². The van der Waals surface area contributed by atoms with Crippen LogP contribution in [-0.4, -0.2) is 55.4 Å². The van der Waals surface area contributed by atoms with E-state index in [4.69, 9.17) is 4.74 Å². The van der Waals surface area contributed by atoms with E-state index in [1.54, 1.807) is 43.3 Å². The van der Waals surface area contributed by atoms with E-state index in [9.17, 15) is 9.59 Å². The molecule has 0 unspecified atom stereocenters. The van der Waals surface area contributed by atoms with Crippen LogP contribution in [0, 0.1) is 6.92 Å². The van der Waals surface area contributed by atoms with Crippen LogP contribution >= 0.6 is 0 Å². The van der Waals surface area contributed by atoms with Gasteiger partial charge >= 0.3 is 0 Å². The molecule has 0 aliphatic carbocycles. The zero-order chi connectivity index (χ0) is 21.2. The van der Waals surface area contributed by atoms with Crippen LogP contribution in [-0.2, 0) is 16.1 Å². The summed E-state index contributed by atoms with van der Waals surface area (Å²) in [5, 5.41) is 2.84. The van der Waals surface area contributed by atoms with E-state index in [1.165, 1.54) is 5.56 Å². The number of benzene rings is 2. The third-order valence-electron chi connectivity index (χ3n) is 4.53. The average Bonchev–Trinajstić information content (AvgIpc) is 2.69. The lowest BCUT2D eigenvalue weighted by Gasteiger charge is -2.25. The van der Waals surface area contributed by atoms with Crippen LogP contribution in [0.4, 0.5) is 5.69 Å². The maximum atomic E-state index is 12.8. The predicted molar refractivity (Wildman–Crippen MR) is 116 cm³/mol. The molecule has 6 heteroatoms. The minimum Gasteiger partial charge on any atom is -0.497 e. The maximum absolute atomic E-state index is 12.8. The number of carbonyl (C=O) groups is 2. The summed E-state index contributed by atoms with van der Waals surface area (Å²) in [6.07, 6.45) is 0.888. The molecule has 0 heterocycles. The summed E-state index contributed by atoms with van der Waals surface area (Å²) >= 11 is 0. The quantitative estimate of drug-likeness (QED) is 0.668. The molecule has 0 saturated heterocycles. The summed E-state index contributed by atoms with van der Waals surface area (Å²) in [7, 11) is 3.38. The molecule has 0 spiro atoms. The topological polar surface area (TPSA) is 61.9 Å². The van der Waals surface area contributed by atoms with Crippen LogP contribution in [0.1, 0.15) is 24.5 Å². The number of anilines is 1. The van der Waals surface area contributed by atoms with Gasteiger partial charge in [0.2, 0.25) is 11.8 Å². The number of aryl methyl sites for hydroxylation is 1. The number of methoxy groups -OCH3 is 1. The Morgan fingerprint density at radius 3 is 2.24 bits per heavy atom. The van der Waals surface area contributed by atoms with Crippen LogP contribution in [0.3, 0.4) is 0 Å². The van der Waals surface area contributed by atoms with Crippen molar-refractivity contribution in [3.8, 4) is 5.75 Å². The van der Waals surface area contributed by atoms with Gasteiger partial charge in [-0.2, -0.15) is 0 Å². The van der Waals surface area contributed by atoms with E-state index < -0.39 is 0 Å². The molecule has 2 aromatic rings. The third-order valence-corrected chi connectivity index (χ3v) is 4.53. The third kappa shape index (κ3) is 7.58. The Morgan fingerprint density at radius 2 is 1.66 bits per heavy atom. The van der Waals surface area contributed by atoms with Gasteiger partial charge in [0.1, 0.15) is 5.75 Å². The van der Waals surface area contributed by atoms with Gasteiger partial charge in [0.15, 0.2) is 0 Å². The normalized spacial score (nSPS) is 10.7. The van der Waals surface area contributed by atoms with Gasteiger partial charge in [-0.3, -0.25) is 14.5 Å². The fourth-order valence-corrected chi connectivity index (χ4v) is 2.98. The number of nitrogens with one attached hydrogen (secondary N) is 1. The molecule has 0 aliphatic rings. The number of rotatable bonds is 10. The standard InChI is InChI=1S/C23H31N3O3/c1-5-14-26(15-19-8-6-18(2)7-9-19)23(28)17-25(3)16-22(27)24-20-10-12-21(29-4)13-11-20/h6-13H,5,14-17H2,1-4H3,(H,24,27). The number of carbonyl (C=O) groups excluding carboxylic acids is 2. The van der Waals surface area contributed by atoms with Crippen molar-refractivity contribution in [1.82, 2.24) is 9.80 Å². The molecule has 2 amide bonds. The van der Waals surface area contributed by atoms with Crippen LogP contribution in [0.15, 0.2) is 48.5 Å². The first-order chi connectivity index (χ1) is 13.9. The lowest BCUT2D eigenvalue weighted by molar-refractivity contribution is -0.133. The van der Waals surface area contributed by atoms with Gasteiger partial charge in [0.05, 0.1) is 20.2 Å². The van der Waals surface area contributed by atoms with Crippen molar-refractivity contribution in [2.75, 3.05) is 39.1 Å². The van der Waals surface area contributed by atoms with Crippen molar-refractivity contribution < 1.29 is 14.3 Å². The number of hydrogen-bond acceptors (Lipinski definition) is 4. The van der Waals surface area contributed by atoms with Crippen LogP contribution < -0.4 is 10.1 Å². The van der Waals surface area contributed by atoms with Crippen LogP contribution in [0.25, 0.3) is 0 Å². The Kier molecular flexibility index (Phi) is 8.68. The fraction of sp³-hybridized carbons (Fsp3) is 0.391. The molecule has 0 fully saturated rings. The molecule has 2 aromatic carbocycles. The number of amides is 2. The minimum atomic E-state index is -0.161. The van der Waals surface area contributed by atoms with Gasteiger partial charge in [0, 0.05) is 18.8 Å². The van der Waals surface area contributed by atoms with Crippen molar-refractivity contribution in [1.29, 1.82) is 0 Å². The molecule has 2 rings (SSSR count). The summed E-state index contributed by atoms with van der Waals surface area (Å²) in [4.78, 5) is 28.6. The fourth-order valence-electron chi connectivity index (χ4n) is 2.98. The van der Waals surface area contributed by atoms with Crippen molar-refractivity contribution in [3.63, 3.8) is 0 Å². The number of hydrogen-bond donors (Lipinski definition) is 1. The van der Waals surface area contributed by atoms with Crippen molar-refractivity contribution >= 4 is 17.5 Å². The van der Waals surface area contributed by atoms with E-state index in [1.807, 2.05) is 11.8 Å². The lowest BCUT2D eigenvalue weighted by Crippen LogP contribution is -2.41. The molecule has 0 atom stereocenters. The molecule has 29 heavy (non-hydrogen) atoms. The van der Waals surface area contributed by atoms with E-state index in [2.05, 4.69) is 36.5 Å². The predicted octanol–water partition coefficient (Wildman–Crippen LogP) is 3.31. The maximum Gasteiger partial charge on any atom is 0.238 e. The summed E-state index contributed by atoms with van der Waals surface area (Å²) in [6, 6.07) is 15.4. The van der Waals surface area contributed by atoms with Crippen molar-refractivity contribution in [2.45, 2.75) is 26.8 Å². The Morgan fingerprint density at radius 1 is 1.00 bits per heavy atom. The molecule has 0 bridgehead atoms. The summed E-state index contributed by atoms with van der Waals surface area (Å²) in [5.41, 5.74) is 3.00. The van der Waals surface area contributed by atoms with Gasteiger partial charge < -0.3 is 15.0 Å². The second kappa shape index (κ2) is 11.2. The zero-order valence-corrected chi connectivity index (χ0v) is 17.8.